The van der Waals surface area contributed by atoms with E-state index in [1.807, 2.05) is 25.7 Å². The Balaban J connectivity index is 1.92. The maximum Gasteiger partial charge on any atom is 0.261 e. The van der Waals surface area contributed by atoms with Crippen LogP contribution in [0.4, 0.5) is 11.5 Å². The van der Waals surface area contributed by atoms with Gasteiger partial charge in [0.2, 0.25) is 0 Å². The van der Waals surface area contributed by atoms with Gasteiger partial charge in [0.15, 0.2) is 0 Å². The zero-order valence-electron chi connectivity index (χ0n) is 17.6. The largest absolute Gasteiger partial charge is 0.353 e. The van der Waals surface area contributed by atoms with Gasteiger partial charge in [0, 0.05) is 32.2 Å². The van der Waals surface area contributed by atoms with Crippen molar-refractivity contribution < 1.29 is 13.2 Å². The highest BCUT2D eigenvalue weighted by Gasteiger charge is 2.23. The van der Waals surface area contributed by atoms with Crippen LogP contribution in [0.25, 0.3) is 0 Å². The van der Waals surface area contributed by atoms with E-state index >= 15 is 0 Å². The minimum Gasteiger partial charge on any atom is -0.353 e. The number of benzene rings is 1. The summed E-state index contributed by atoms with van der Waals surface area (Å²) < 4.78 is 28.0. The van der Waals surface area contributed by atoms with Gasteiger partial charge in [-0.25, -0.2) is 13.4 Å². The lowest BCUT2D eigenvalue weighted by Crippen LogP contribution is -2.45. The molecule has 0 unspecified atom stereocenters. The lowest BCUT2D eigenvalue weighted by Gasteiger charge is -2.30. The van der Waals surface area contributed by atoms with Gasteiger partial charge in [-0.15, -0.1) is 0 Å². The number of amides is 1. The number of sulfonamides is 1. The standard InChI is InChI=1S/C21H29N5O3S/c1-4-16(3)24-21(27)19-13-17(14-23-20(19)26-11-9-22-10-12-26)25-30(28,29)18-7-5-15(2)6-8-18/h5-8,13-14,16,22,25H,4,9-12H2,1-3H3,(H,24,27)/t16-/m1/s1. The molecule has 1 fully saturated rings. The molecular weight excluding hydrogens is 402 g/mol. The Morgan fingerprint density at radius 3 is 2.53 bits per heavy atom. The Morgan fingerprint density at radius 2 is 1.90 bits per heavy atom. The smallest absolute Gasteiger partial charge is 0.261 e. The van der Waals surface area contributed by atoms with Crippen molar-refractivity contribution >= 4 is 27.4 Å². The summed E-state index contributed by atoms with van der Waals surface area (Å²) in [6, 6.07) is 8.15. The molecular formula is C21H29N5O3S. The van der Waals surface area contributed by atoms with Crippen LogP contribution in [0, 0.1) is 6.92 Å². The number of aromatic nitrogens is 1. The third kappa shape index (κ3) is 5.28. The van der Waals surface area contributed by atoms with E-state index in [4.69, 9.17) is 0 Å². The quantitative estimate of drug-likeness (QED) is 0.621. The van der Waals surface area contributed by atoms with E-state index in [9.17, 15) is 13.2 Å². The van der Waals surface area contributed by atoms with Gasteiger partial charge in [0.1, 0.15) is 5.82 Å². The van der Waals surface area contributed by atoms with Crippen LogP contribution in [-0.4, -0.2) is 51.5 Å². The second-order valence-corrected chi connectivity index (χ2v) is 9.22. The van der Waals surface area contributed by atoms with Gasteiger partial charge in [-0.2, -0.15) is 0 Å². The first-order chi connectivity index (χ1) is 14.3. The average molecular weight is 432 g/mol. The molecule has 3 N–H and O–H groups in total. The van der Waals surface area contributed by atoms with Crippen LogP contribution in [0.2, 0.25) is 0 Å². The first kappa shape index (κ1) is 22.0. The molecule has 0 aliphatic carbocycles. The van der Waals surface area contributed by atoms with Crippen LogP contribution < -0.4 is 20.3 Å². The van der Waals surface area contributed by atoms with Crippen molar-refractivity contribution in [3.63, 3.8) is 0 Å². The number of hydrogen-bond acceptors (Lipinski definition) is 6. The van der Waals surface area contributed by atoms with E-state index in [0.29, 0.717) is 11.4 Å². The third-order valence-corrected chi connectivity index (χ3v) is 6.50. The first-order valence-corrected chi connectivity index (χ1v) is 11.6. The number of hydrogen-bond donors (Lipinski definition) is 3. The number of aryl methyl sites for hydroxylation is 1. The van der Waals surface area contributed by atoms with Crippen molar-refractivity contribution in [1.29, 1.82) is 0 Å². The molecule has 1 atom stereocenters. The monoisotopic (exact) mass is 431 g/mol. The molecule has 0 spiro atoms. The summed E-state index contributed by atoms with van der Waals surface area (Å²) >= 11 is 0. The summed E-state index contributed by atoms with van der Waals surface area (Å²) in [6.07, 6.45) is 2.25. The van der Waals surface area contributed by atoms with Crippen molar-refractivity contribution in [2.75, 3.05) is 35.8 Å². The number of carbonyl (C=O) groups is 1. The Morgan fingerprint density at radius 1 is 1.23 bits per heavy atom. The Hall–Kier alpha value is -2.65. The van der Waals surface area contributed by atoms with Gasteiger partial charge in [0.05, 0.1) is 22.3 Å². The van der Waals surface area contributed by atoms with E-state index in [2.05, 4.69) is 20.3 Å². The fourth-order valence-electron chi connectivity index (χ4n) is 3.14. The number of pyridine rings is 1. The maximum atomic E-state index is 12.9. The van der Waals surface area contributed by atoms with Gasteiger partial charge in [-0.1, -0.05) is 24.6 Å². The normalized spacial score (nSPS) is 15.5. The van der Waals surface area contributed by atoms with E-state index in [-0.39, 0.29) is 22.5 Å². The number of nitrogens with zero attached hydrogens (tertiary/aromatic N) is 2. The SMILES string of the molecule is CC[C@@H](C)NC(=O)c1cc(NS(=O)(=O)c2ccc(C)cc2)cnc1N1CCNCC1. The molecule has 3 rings (SSSR count). The molecule has 0 bridgehead atoms. The number of piperazine rings is 1. The zero-order chi connectivity index (χ0) is 21.7. The maximum absolute atomic E-state index is 12.9. The van der Waals surface area contributed by atoms with Gasteiger partial charge in [0.25, 0.3) is 15.9 Å². The van der Waals surface area contributed by atoms with Crippen LogP contribution in [-0.2, 0) is 10.0 Å². The molecule has 1 amide bonds. The number of rotatable bonds is 7. The Bertz CT molecular complexity index is 986. The molecule has 162 valence electrons. The number of carbonyl (C=O) groups excluding carboxylic acids is 1. The fourth-order valence-corrected chi connectivity index (χ4v) is 4.18. The minimum atomic E-state index is -3.78. The minimum absolute atomic E-state index is 0.00118. The molecule has 1 aliphatic heterocycles. The zero-order valence-corrected chi connectivity index (χ0v) is 18.4. The second kappa shape index (κ2) is 9.44. The summed E-state index contributed by atoms with van der Waals surface area (Å²) in [4.78, 5) is 19.6. The van der Waals surface area contributed by atoms with E-state index in [1.165, 1.54) is 6.20 Å². The second-order valence-electron chi connectivity index (χ2n) is 7.53. The van der Waals surface area contributed by atoms with Crippen molar-refractivity contribution in [3.8, 4) is 0 Å². The fraction of sp³-hybridized carbons (Fsp3) is 0.429. The van der Waals surface area contributed by atoms with Crippen molar-refractivity contribution in [2.24, 2.45) is 0 Å². The van der Waals surface area contributed by atoms with Crippen LogP contribution in [0.15, 0.2) is 41.4 Å². The van der Waals surface area contributed by atoms with Crippen molar-refractivity contribution in [2.45, 2.75) is 38.1 Å². The molecule has 1 aromatic heterocycles. The molecule has 9 heteroatoms. The lowest BCUT2D eigenvalue weighted by molar-refractivity contribution is 0.0939. The molecule has 30 heavy (non-hydrogen) atoms. The predicted molar refractivity (Wildman–Crippen MR) is 119 cm³/mol. The molecule has 8 nitrogen and oxygen atoms in total. The molecule has 1 aliphatic rings. The third-order valence-electron chi connectivity index (χ3n) is 5.10. The molecule has 2 aromatic rings. The van der Waals surface area contributed by atoms with E-state index < -0.39 is 10.0 Å². The Kier molecular flexibility index (Phi) is 6.94. The molecule has 2 heterocycles. The van der Waals surface area contributed by atoms with Crippen LogP contribution in [0.1, 0.15) is 36.2 Å². The van der Waals surface area contributed by atoms with Gasteiger partial charge >= 0.3 is 0 Å². The highest BCUT2D eigenvalue weighted by Crippen LogP contribution is 2.24. The summed E-state index contributed by atoms with van der Waals surface area (Å²) in [5, 5.41) is 6.23. The predicted octanol–water partition coefficient (Wildman–Crippen LogP) is 2.13. The van der Waals surface area contributed by atoms with E-state index in [0.717, 1.165) is 38.2 Å². The van der Waals surface area contributed by atoms with Crippen LogP contribution in [0.3, 0.4) is 0 Å². The number of nitrogens with one attached hydrogen (secondary N) is 3. The van der Waals surface area contributed by atoms with Gasteiger partial charge in [-0.05, 0) is 38.5 Å². The average Bonchev–Trinajstić information content (AvgIpc) is 2.74. The van der Waals surface area contributed by atoms with Gasteiger partial charge in [-0.3, -0.25) is 9.52 Å². The van der Waals surface area contributed by atoms with E-state index in [1.54, 1.807) is 30.3 Å². The Labute approximate surface area is 178 Å². The molecule has 1 saturated heterocycles. The first-order valence-electron chi connectivity index (χ1n) is 10.2. The van der Waals surface area contributed by atoms with Crippen LogP contribution in [0.5, 0.6) is 0 Å². The summed E-state index contributed by atoms with van der Waals surface area (Å²) in [6.45, 7) is 8.87. The summed E-state index contributed by atoms with van der Waals surface area (Å²) in [5.41, 5.74) is 1.59. The summed E-state index contributed by atoms with van der Waals surface area (Å²) in [7, 11) is -3.78. The van der Waals surface area contributed by atoms with Crippen molar-refractivity contribution in [3.05, 3.63) is 47.7 Å². The highest BCUT2D eigenvalue weighted by atomic mass is 32.2. The van der Waals surface area contributed by atoms with Crippen LogP contribution >= 0.6 is 0 Å². The van der Waals surface area contributed by atoms with Crippen molar-refractivity contribution in [1.82, 2.24) is 15.6 Å². The lowest BCUT2D eigenvalue weighted by atomic mass is 10.1. The summed E-state index contributed by atoms with van der Waals surface area (Å²) in [5.74, 6) is 0.303. The number of anilines is 2. The molecule has 1 aromatic carbocycles. The van der Waals surface area contributed by atoms with Gasteiger partial charge < -0.3 is 15.5 Å². The topological polar surface area (TPSA) is 103 Å². The molecule has 0 radical (unpaired) electrons. The highest BCUT2D eigenvalue weighted by molar-refractivity contribution is 7.92. The molecule has 0 saturated carbocycles.